The van der Waals surface area contributed by atoms with Crippen LogP contribution in [0.5, 0.6) is 0 Å². The number of aliphatic carboxylic acids is 1. The highest BCUT2D eigenvalue weighted by Gasteiger charge is 2.46. The van der Waals surface area contributed by atoms with Crippen LogP contribution in [0.4, 0.5) is 5.69 Å². The molecule has 1 unspecified atom stereocenters. The molecule has 1 saturated heterocycles. The largest absolute Gasteiger partial charge is 0.507 e. The van der Waals surface area contributed by atoms with Crippen LogP contribution in [0, 0.1) is 10.1 Å². The number of ketones is 1. The van der Waals surface area contributed by atoms with E-state index in [9.17, 15) is 29.6 Å². The van der Waals surface area contributed by atoms with E-state index in [2.05, 4.69) is 0 Å². The number of Topliss-reactive ketones (excluding diaryl/α,β-unsaturated/α-hetero) is 1. The number of aliphatic hydroxyl groups is 1. The number of nitrogens with zero attached hydrogens (tertiary/aromatic N) is 2. The van der Waals surface area contributed by atoms with Gasteiger partial charge in [-0.1, -0.05) is 30.3 Å². The van der Waals surface area contributed by atoms with Crippen LogP contribution in [0.2, 0.25) is 0 Å². The number of nitro groups is 1. The van der Waals surface area contributed by atoms with Gasteiger partial charge in [0.05, 0.1) is 16.5 Å². The molecule has 28 heavy (non-hydrogen) atoms. The topological polar surface area (TPSA) is 138 Å². The number of hydrogen-bond acceptors (Lipinski definition) is 6. The van der Waals surface area contributed by atoms with Gasteiger partial charge in [0.25, 0.3) is 17.4 Å². The van der Waals surface area contributed by atoms with Crippen molar-refractivity contribution in [1.29, 1.82) is 0 Å². The number of non-ortho nitro benzene ring substituents is 1. The Morgan fingerprint density at radius 3 is 2.18 bits per heavy atom. The van der Waals surface area contributed by atoms with Crippen LogP contribution in [-0.4, -0.2) is 44.2 Å². The summed E-state index contributed by atoms with van der Waals surface area (Å²) in [4.78, 5) is 47.2. The van der Waals surface area contributed by atoms with Gasteiger partial charge >= 0.3 is 5.97 Å². The Bertz CT molecular complexity index is 997. The van der Waals surface area contributed by atoms with E-state index in [1.54, 1.807) is 30.3 Å². The molecule has 0 spiro atoms. The highest BCUT2D eigenvalue weighted by Crippen LogP contribution is 2.39. The SMILES string of the molecule is O=C(O)CN1C(=O)C(=O)C(=C(O)c2ccc([N+](=O)[O-])cc2)C1c1ccccc1. The van der Waals surface area contributed by atoms with Crippen LogP contribution in [0.15, 0.2) is 60.2 Å². The van der Waals surface area contributed by atoms with Crippen molar-refractivity contribution in [1.82, 2.24) is 4.90 Å². The number of aliphatic hydroxyl groups excluding tert-OH is 1. The van der Waals surface area contributed by atoms with Gasteiger partial charge in [-0.05, 0) is 17.7 Å². The Morgan fingerprint density at radius 2 is 1.64 bits per heavy atom. The summed E-state index contributed by atoms with van der Waals surface area (Å²) in [6.07, 6.45) is 0. The number of benzene rings is 2. The minimum absolute atomic E-state index is 0.0971. The molecule has 0 aromatic heterocycles. The van der Waals surface area contributed by atoms with Crippen LogP contribution in [0.3, 0.4) is 0 Å². The summed E-state index contributed by atoms with van der Waals surface area (Å²) >= 11 is 0. The van der Waals surface area contributed by atoms with Crippen LogP contribution < -0.4 is 0 Å². The van der Waals surface area contributed by atoms with Crippen LogP contribution in [0.1, 0.15) is 17.2 Å². The molecule has 142 valence electrons. The number of carboxylic acid groups (broad SMARTS) is 1. The lowest BCUT2D eigenvalue weighted by molar-refractivity contribution is -0.384. The van der Waals surface area contributed by atoms with E-state index in [1.165, 1.54) is 12.1 Å². The fourth-order valence-corrected chi connectivity index (χ4v) is 3.07. The second kappa shape index (κ2) is 7.31. The molecule has 0 radical (unpaired) electrons. The van der Waals surface area contributed by atoms with E-state index >= 15 is 0 Å². The molecule has 1 atom stereocenters. The van der Waals surface area contributed by atoms with Gasteiger partial charge in [-0.25, -0.2) is 0 Å². The molecule has 0 bridgehead atoms. The van der Waals surface area contributed by atoms with Crippen molar-refractivity contribution in [3.63, 3.8) is 0 Å². The van der Waals surface area contributed by atoms with E-state index in [1.807, 2.05) is 0 Å². The predicted molar refractivity (Wildman–Crippen MR) is 96.2 cm³/mol. The first-order valence-electron chi connectivity index (χ1n) is 8.11. The zero-order valence-electron chi connectivity index (χ0n) is 14.3. The third kappa shape index (κ3) is 3.32. The van der Waals surface area contributed by atoms with Crippen molar-refractivity contribution in [2.24, 2.45) is 0 Å². The van der Waals surface area contributed by atoms with Gasteiger partial charge in [0.1, 0.15) is 12.3 Å². The van der Waals surface area contributed by atoms with Crippen molar-refractivity contribution >= 4 is 29.1 Å². The summed E-state index contributed by atoms with van der Waals surface area (Å²) in [6.45, 7) is -0.721. The first-order chi connectivity index (χ1) is 13.3. The quantitative estimate of drug-likeness (QED) is 0.265. The first kappa shape index (κ1) is 18.8. The zero-order valence-corrected chi connectivity index (χ0v) is 14.3. The van der Waals surface area contributed by atoms with Gasteiger partial charge in [-0.2, -0.15) is 0 Å². The van der Waals surface area contributed by atoms with Gasteiger partial charge in [0.15, 0.2) is 0 Å². The van der Waals surface area contributed by atoms with Crippen LogP contribution >= 0.6 is 0 Å². The number of likely N-dealkylation sites (tertiary alicyclic amines) is 1. The lowest BCUT2D eigenvalue weighted by atomic mass is 9.95. The maximum atomic E-state index is 12.6. The smallest absolute Gasteiger partial charge is 0.323 e. The van der Waals surface area contributed by atoms with Gasteiger partial charge in [-0.3, -0.25) is 24.5 Å². The molecule has 1 fully saturated rings. The Labute approximate surface area is 158 Å². The zero-order chi connectivity index (χ0) is 20.4. The standard InChI is InChI=1S/C19H14N2O7/c22-14(23)10-20-16(11-4-2-1-3-5-11)15(18(25)19(20)26)17(24)12-6-8-13(9-7-12)21(27)28/h1-9,16,24H,10H2,(H,22,23). The molecule has 1 aliphatic heterocycles. The Balaban J connectivity index is 2.16. The van der Waals surface area contributed by atoms with Gasteiger partial charge in [-0.15, -0.1) is 0 Å². The molecule has 1 amide bonds. The summed E-state index contributed by atoms with van der Waals surface area (Å²) in [6, 6.07) is 11.9. The number of carboxylic acids is 1. The molecular weight excluding hydrogens is 368 g/mol. The van der Waals surface area contributed by atoms with E-state index in [0.29, 0.717) is 5.56 Å². The van der Waals surface area contributed by atoms with E-state index in [-0.39, 0.29) is 16.8 Å². The van der Waals surface area contributed by atoms with Gasteiger partial charge < -0.3 is 15.1 Å². The highest BCUT2D eigenvalue weighted by molar-refractivity contribution is 6.46. The summed E-state index contributed by atoms with van der Waals surface area (Å²) < 4.78 is 0. The monoisotopic (exact) mass is 382 g/mol. The molecule has 1 aliphatic rings. The average Bonchev–Trinajstić information content (AvgIpc) is 2.92. The fourth-order valence-electron chi connectivity index (χ4n) is 3.07. The molecule has 2 aromatic rings. The van der Waals surface area contributed by atoms with Gasteiger partial charge in [0.2, 0.25) is 0 Å². The normalized spacial score (nSPS) is 18.3. The maximum Gasteiger partial charge on any atom is 0.323 e. The molecule has 9 nitrogen and oxygen atoms in total. The van der Waals surface area contributed by atoms with Gasteiger partial charge in [0, 0.05) is 17.7 Å². The molecule has 9 heteroatoms. The first-order valence-corrected chi connectivity index (χ1v) is 8.11. The molecule has 2 aromatic carbocycles. The third-order valence-electron chi connectivity index (χ3n) is 4.31. The summed E-state index contributed by atoms with van der Waals surface area (Å²) in [5, 5.41) is 30.6. The lowest BCUT2D eigenvalue weighted by Crippen LogP contribution is -2.34. The second-order valence-corrected chi connectivity index (χ2v) is 6.04. The minimum Gasteiger partial charge on any atom is -0.507 e. The fraction of sp³-hybridized carbons (Fsp3) is 0.105. The summed E-state index contributed by atoms with van der Waals surface area (Å²) in [5.41, 5.74) is 0.0695. The number of nitro benzene ring substituents is 1. The van der Waals surface area contributed by atoms with Crippen molar-refractivity contribution in [2.45, 2.75) is 6.04 Å². The Kier molecular flexibility index (Phi) is 4.90. The summed E-state index contributed by atoms with van der Waals surface area (Å²) in [5.74, 6) is -3.90. The van der Waals surface area contributed by atoms with E-state index < -0.39 is 40.9 Å². The molecule has 1 heterocycles. The second-order valence-electron chi connectivity index (χ2n) is 6.04. The van der Waals surface area contributed by atoms with Crippen LogP contribution in [-0.2, 0) is 14.4 Å². The number of carbonyl (C=O) groups excluding carboxylic acids is 2. The summed E-state index contributed by atoms with van der Waals surface area (Å²) in [7, 11) is 0. The Hall–Kier alpha value is -4.01. The lowest BCUT2D eigenvalue weighted by Gasteiger charge is -2.23. The van der Waals surface area contributed by atoms with Crippen molar-refractivity contribution in [2.75, 3.05) is 6.54 Å². The molecule has 0 aliphatic carbocycles. The molecule has 3 rings (SSSR count). The Morgan fingerprint density at radius 1 is 1.04 bits per heavy atom. The van der Waals surface area contributed by atoms with Crippen molar-refractivity contribution in [3.05, 3.63) is 81.4 Å². The van der Waals surface area contributed by atoms with E-state index in [0.717, 1.165) is 17.0 Å². The van der Waals surface area contributed by atoms with Crippen molar-refractivity contribution in [3.8, 4) is 0 Å². The highest BCUT2D eigenvalue weighted by atomic mass is 16.6. The predicted octanol–water partition coefficient (Wildman–Crippen LogP) is 2.10. The number of rotatable bonds is 5. The average molecular weight is 382 g/mol. The maximum absolute atomic E-state index is 12.6. The molecule has 2 N–H and O–H groups in total. The van der Waals surface area contributed by atoms with Crippen LogP contribution in [0.25, 0.3) is 5.76 Å². The van der Waals surface area contributed by atoms with E-state index in [4.69, 9.17) is 5.11 Å². The number of amides is 1. The number of carbonyl (C=O) groups is 3. The molecule has 0 saturated carbocycles. The van der Waals surface area contributed by atoms with Crippen molar-refractivity contribution < 1.29 is 29.5 Å². The third-order valence-corrected chi connectivity index (χ3v) is 4.31. The number of hydrogen-bond donors (Lipinski definition) is 2. The molecular formula is C19H14N2O7. The minimum atomic E-state index is -1.31.